The van der Waals surface area contributed by atoms with E-state index in [4.69, 9.17) is 4.74 Å². The molecule has 3 rings (SSSR count). The maximum absolute atomic E-state index is 12.6. The number of hydrogen-bond acceptors (Lipinski definition) is 5. The van der Waals surface area contributed by atoms with Gasteiger partial charge in [-0.1, -0.05) is 43.8 Å². The summed E-state index contributed by atoms with van der Waals surface area (Å²) in [6, 6.07) is 8.04. The molecule has 0 saturated carbocycles. The lowest BCUT2D eigenvalue weighted by Gasteiger charge is -2.23. The van der Waals surface area contributed by atoms with Crippen LogP contribution in [0.15, 0.2) is 61.6 Å². The molecular weight excluding hydrogens is 358 g/mol. The van der Waals surface area contributed by atoms with Crippen LogP contribution in [0.5, 0.6) is 0 Å². The van der Waals surface area contributed by atoms with Gasteiger partial charge in [-0.15, -0.1) is 0 Å². The Labute approximate surface area is 152 Å². The van der Waals surface area contributed by atoms with E-state index in [2.05, 4.69) is 4.40 Å². The van der Waals surface area contributed by atoms with Crippen LogP contribution in [0.4, 0.5) is 0 Å². The first-order valence-electron chi connectivity index (χ1n) is 8.27. The zero-order valence-electron chi connectivity index (χ0n) is 14.2. The Bertz CT molecular complexity index is 852. The standard InChI is InChI=1S/C18H21NO4S2/c1-12(2)23-18(20)16-14-10-6-7-11-15(14)24-17(16)19-25(21,22)13-8-4-3-5-9-13/h3-5,8-9,12,20H,6-7,10-11H2,1-2H3/p-1. The second-order valence-corrected chi connectivity index (χ2v) is 8.91. The quantitative estimate of drug-likeness (QED) is 0.751. The smallest absolute Gasteiger partial charge is 0.283 e. The van der Waals surface area contributed by atoms with E-state index in [9.17, 15) is 13.5 Å². The number of thioether (sulfide) groups is 1. The van der Waals surface area contributed by atoms with Crippen molar-refractivity contribution >= 4 is 26.8 Å². The average molecular weight is 378 g/mol. The summed E-state index contributed by atoms with van der Waals surface area (Å²) >= 11 is 1.29. The molecule has 5 nitrogen and oxygen atoms in total. The van der Waals surface area contributed by atoms with E-state index in [1.165, 1.54) is 23.9 Å². The molecule has 0 spiro atoms. The van der Waals surface area contributed by atoms with Crippen molar-refractivity contribution < 1.29 is 18.3 Å². The summed E-state index contributed by atoms with van der Waals surface area (Å²) in [6.07, 6.45) is 3.36. The van der Waals surface area contributed by atoms with Gasteiger partial charge in [-0.25, -0.2) is 0 Å². The molecule has 2 aliphatic rings. The van der Waals surface area contributed by atoms with Crippen LogP contribution >= 0.6 is 11.8 Å². The fraction of sp³-hybridized carbons (Fsp3) is 0.389. The summed E-state index contributed by atoms with van der Waals surface area (Å²) in [6.45, 7) is 3.54. The van der Waals surface area contributed by atoms with Crippen LogP contribution in [0.2, 0.25) is 0 Å². The molecule has 0 radical (unpaired) electrons. The van der Waals surface area contributed by atoms with Gasteiger partial charge in [-0.3, -0.25) is 0 Å². The molecular formula is C18H20NO4S2-. The average Bonchev–Trinajstić information content (AvgIpc) is 2.92. The van der Waals surface area contributed by atoms with Crippen LogP contribution in [-0.2, 0) is 14.8 Å². The zero-order chi connectivity index (χ0) is 18.0. The summed E-state index contributed by atoms with van der Waals surface area (Å²) < 4.78 is 34.5. The van der Waals surface area contributed by atoms with E-state index < -0.39 is 16.0 Å². The molecule has 0 N–H and O–H groups in total. The third kappa shape index (κ3) is 3.93. The highest BCUT2D eigenvalue weighted by molar-refractivity contribution is 8.18. The van der Waals surface area contributed by atoms with Crippen LogP contribution in [0.1, 0.15) is 39.5 Å². The maximum Gasteiger partial charge on any atom is 0.283 e. The van der Waals surface area contributed by atoms with Gasteiger partial charge in [-0.2, -0.15) is 12.8 Å². The van der Waals surface area contributed by atoms with Crippen LogP contribution in [-0.4, -0.2) is 19.6 Å². The third-order valence-corrected chi connectivity index (χ3v) is 6.54. The molecule has 1 aliphatic heterocycles. The molecule has 0 bridgehead atoms. The van der Waals surface area contributed by atoms with Crippen molar-refractivity contribution in [2.24, 2.45) is 4.40 Å². The minimum Gasteiger partial charge on any atom is -0.610 e. The van der Waals surface area contributed by atoms with Crippen molar-refractivity contribution in [1.29, 1.82) is 0 Å². The predicted molar refractivity (Wildman–Crippen MR) is 97.4 cm³/mol. The maximum atomic E-state index is 12.6. The molecule has 0 aromatic heterocycles. The van der Waals surface area contributed by atoms with Gasteiger partial charge in [-0.05, 0) is 54.4 Å². The van der Waals surface area contributed by atoms with Gasteiger partial charge in [0.15, 0.2) is 0 Å². The predicted octanol–water partition coefficient (Wildman–Crippen LogP) is 3.35. The van der Waals surface area contributed by atoms with Gasteiger partial charge in [0.25, 0.3) is 10.0 Å². The molecule has 7 heteroatoms. The van der Waals surface area contributed by atoms with Crippen molar-refractivity contribution in [3.63, 3.8) is 0 Å². The van der Waals surface area contributed by atoms with E-state index in [0.29, 0.717) is 5.57 Å². The Morgan fingerprint density at radius 2 is 1.88 bits per heavy atom. The van der Waals surface area contributed by atoms with Crippen molar-refractivity contribution in [3.05, 3.63) is 52.3 Å². The number of sulfonamides is 1. The normalized spacial score (nSPS) is 21.6. The summed E-state index contributed by atoms with van der Waals surface area (Å²) in [7, 11) is -3.87. The molecule has 25 heavy (non-hydrogen) atoms. The Balaban J connectivity index is 2.06. The highest BCUT2D eigenvalue weighted by Crippen LogP contribution is 2.46. The Kier molecular flexibility index (Phi) is 5.24. The van der Waals surface area contributed by atoms with Gasteiger partial charge in [0.05, 0.1) is 10.8 Å². The lowest BCUT2D eigenvalue weighted by molar-refractivity contribution is -0.362. The first kappa shape index (κ1) is 18.1. The Morgan fingerprint density at radius 3 is 2.56 bits per heavy atom. The summed E-state index contributed by atoms with van der Waals surface area (Å²) in [4.78, 5) is 1.16. The molecule has 0 atom stereocenters. The van der Waals surface area contributed by atoms with Crippen LogP contribution in [0.25, 0.3) is 0 Å². The number of rotatable bonds is 4. The fourth-order valence-corrected chi connectivity index (χ4v) is 5.33. The Hall–Kier alpha value is -1.73. The van der Waals surface area contributed by atoms with Gasteiger partial charge < -0.3 is 9.84 Å². The second kappa shape index (κ2) is 7.25. The van der Waals surface area contributed by atoms with E-state index in [0.717, 1.165) is 36.2 Å². The summed E-state index contributed by atoms with van der Waals surface area (Å²) in [5, 5.41) is 12.8. The van der Waals surface area contributed by atoms with Crippen molar-refractivity contribution in [2.45, 2.75) is 50.5 Å². The highest BCUT2D eigenvalue weighted by Gasteiger charge is 2.31. The lowest BCUT2D eigenvalue weighted by Crippen LogP contribution is -2.19. The summed E-state index contributed by atoms with van der Waals surface area (Å²) in [5.41, 5.74) is 1.23. The van der Waals surface area contributed by atoms with Crippen LogP contribution in [0, 0.1) is 0 Å². The first-order chi connectivity index (χ1) is 11.9. The van der Waals surface area contributed by atoms with E-state index in [1.807, 2.05) is 0 Å². The van der Waals surface area contributed by atoms with Gasteiger partial charge in [0.1, 0.15) is 5.04 Å². The molecule has 0 fully saturated rings. The number of nitrogens with zero attached hydrogens (tertiary/aromatic N) is 1. The molecule has 1 aromatic rings. The van der Waals surface area contributed by atoms with Crippen LogP contribution < -0.4 is 5.11 Å². The highest BCUT2D eigenvalue weighted by atomic mass is 32.2. The number of ether oxygens (including phenoxy) is 1. The minimum absolute atomic E-state index is 0.115. The monoisotopic (exact) mass is 378 g/mol. The second-order valence-electron chi connectivity index (χ2n) is 6.22. The topological polar surface area (TPSA) is 78.8 Å². The first-order valence-corrected chi connectivity index (χ1v) is 10.5. The van der Waals surface area contributed by atoms with Crippen molar-refractivity contribution in [1.82, 2.24) is 0 Å². The molecule has 1 aliphatic carbocycles. The Morgan fingerprint density at radius 1 is 1.20 bits per heavy atom. The lowest BCUT2D eigenvalue weighted by atomic mass is 9.94. The van der Waals surface area contributed by atoms with Crippen molar-refractivity contribution in [2.75, 3.05) is 0 Å². The minimum atomic E-state index is -3.87. The number of hydrogen-bond donors (Lipinski definition) is 0. The summed E-state index contributed by atoms with van der Waals surface area (Å²) in [5.74, 6) is -0.489. The number of benzene rings is 1. The zero-order valence-corrected chi connectivity index (χ0v) is 15.8. The molecule has 0 amide bonds. The molecule has 0 unspecified atom stereocenters. The largest absolute Gasteiger partial charge is 0.610 e. The molecule has 1 aromatic carbocycles. The molecule has 0 saturated heterocycles. The number of allylic oxidation sites excluding steroid dienone is 2. The molecule has 1 heterocycles. The van der Waals surface area contributed by atoms with E-state index in [1.54, 1.807) is 32.0 Å². The van der Waals surface area contributed by atoms with E-state index in [-0.39, 0.29) is 16.0 Å². The molecule has 134 valence electrons. The van der Waals surface area contributed by atoms with Gasteiger partial charge in [0, 0.05) is 5.57 Å². The SMILES string of the molecule is CC(C)OC([O-])=C1C(=NS(=O)(=O)c2ccccc2)SC2=C1CCCC2. The van der Waals surface area contributed by atoms with Crippen molar-refractivity contribution in [3.8, 4) is 0 Å². The van der Waals surface area contributed by atoms with Gasteiger partial charge in [0.2, 0.25) is 0 Å². The van der Waals surface area contributed by atoms with Gasteiger partial charge >= 0.3 is 0 Å². The fourth-order valence-electron chi connectivity index (χ4n) is 2.85. The van der Waals surface area contributed by atoms with E-state index >= 15 is 0 Å². The van der Waals surface area contributed by atoms with Crippen LogP contribution in [0.3, 0.4) is 0 Å². The third-order valence-electron chi connectivity index (χ3n) is 3.94.